The van der Waals surface area contributed by atoms with Crippen molar-refractivity contribution < 1.29 is 56.2 Å². The van der Waals surface area contributed by atoms with Crippen molar-refractivity contribution in [2.24, 2.45) is 0 Å². The first-order valence-electron chi connectivity index (χ1n) is 19.8. The summed E-state index contributed by atoms with van der Waals surface area (Å²) in [7, 11) is -11.5. The lowest BCUT2D eigenvalue weighted by atomic mass is 10.2. The molecule has 3 rings (SSSR count). The minimum Gasteiger partial charge on any atom is -0.508 e. The number of phenols is 3. The zero-order valence-corrected chi connectivity index (χ0v) is 37.1. The maximum Gasteiger partial charge on any atom is 0.352 e. The Hall–Kier alpha value is -2.65. The molecule has 6 N–H and O–H groups in total. The Bertz CT molecular complexity index is 1570. The third kappa shape index (κ3) is 14.0. The Kier molecular flexibility index (Phi) is 21.6. The molecule has 19 heteroatoms. The van der Waals surface area contributed by atoms with Crippen molar-refractivity contribution in [1.29, 1.82) is 0 Å². The lowest BCUT2D eigenvalue weighted by Gasteiger charge is -2.31. The first kappa shape index (κ1) is 49.7. The quantitative estimate of drug-likeness (QED) is 0.0350. The molecule has 0 heterocycles. The summed E-state index contributed by atoms with van der Waals surface area (Å²) in [5, 5.41) is 42.4. The summed E-state index contributed by atoms with van der Waals surface area (Å²) in [5.41, 5.74) is 1.05. The van der Waals surface area contributed by atoms with Gasteiger partial charge in [-0.25, -0.2) is 0 Å². The molecule has 0 aliphatic heterocycles. The number of nitrogens with zero attached hydrogens (tertiary/aromatic N) is 1. The molecular weight excluding hydrogens is 809 g/mol. The van der Waals surface area contributed by atoms with Crippen LogP contribution < -0.4 is 16.0 Å². The van der Waals surface area contributed by atoms with E-state index in [1.54, 1.807) is 96.1 Å². The van der Waals surface area contributed by atoms with Crippen LogP contribution in [0.4, 0.5) is 0 Å². The van der Waals surface area contributed by atoms with Crippen molar-refractivity contribution >= 4 is 22.8 Å². The monoisotopic (exact) mass is 872 g/mol. The SMILES string of the molecule is CCOP(=O)(OCC)C(NCCN(CCNC(c1ccccc1O)P(=O)(OCC)OCC)CCNC(c1ccccc1O)P(=O)(OCC)OCC)c1ccccc1O. The number of hydrogen-bond donors (Lipinski definition) is 6. The topological polar surface area (TPSA) is 207 Å². The van der Waals surface area contributed by atoms with Gasteiger partial charge in [0.2, 0.25) is 0 Å². The van der Waals surface area contributed by atoms with E-state index in [4.69, 9.17) is 27.1 Å². The Morgan fingerprint density at radius 1 is 0.448 bits per heavy atom. The summed E-state index contributed by atoms with van der Waals surface area (Å²) in [6, 6.07) is 19.7. The van der Waals surface area contributed by atoms with Crippen LogP contribution in [0.1, 0.15) is 75.6 Å². The number of para-hydroxylation sites is 3. The van der Waals surface area contributed by atoms with Gasteiger partial charge >= 0.3 is 22.8 Å². The third-order valence-corrected chi connectivity index (χ3v) is 15.8. The van der Waals surface area contributed by atoms with Crippen LogP contribution in [0.25, 0.3) is 0 Å². The molecule has 0 saturated heterocycles. The van der Waals surface area contributed by atoms with E-state index in [1.807, 2.05) is 4.90 Å². The molecule has 0 aliphatic rings. The van der Waals surface area contributed by atoms with Crippen LogP contribution in [0.15, 0.2) is 72.8 Å². The number of phenolic OH excluding ortho intramolecular Hbond substituents is 3. The molecule has 3 unspecified atom stereocenters. The largest absolute Gasteiger partial charge is 0.508 e. The molecule has 3 atom stereocenters. The minimum atomic E-state index is -3.83. The second-order valence-corrected chi connectivity index (χ2v) is 19.1. The number of hydrogen-bond acceptors (Lipinski definition) is 16. The van der Waals surface area contributed by atoms with Crippen LogP contribution in [0.3, 0.4) is 0 Å². The van der Waals surface area contributed by atoms with E-state index in [0.29, 0.717) is 36.3 Å². The standard InChI is InChI=1S/C39H63N4O12P3/c1-7-50-56(47,51-8-2)37(31-19-13-16-22-34(31)44)40-25-28-43(29-26-41-38(32-20-14-17-23-35(32)45)57(48,52-9-3)53-10-4)30-27-42-39(33-21-15-18-24-36(33)46)58(49,54-11-5)55-12-6/h13-24,37-42,44-46H,7-12,25-30H2,1-6H3. The Morgan fingerprint density at radius 3 is 0.879 bits per heavy atom. The Labute approximate surface area is 343 Å². The number of nitrogens with one attached hydrogen (secondary N) is 3. The van der Waals surface area contributed by atoms with Gasteiger partial charge in [0, 0.05) is 56.0 Å². The van der Waals surface area contributed by atoms with Gasteiger partial charge in [-0.15, -0.1) is 0 Å². The van der Waals surface area contributed by atoms with Gasteiger partial charge in [-0.1, -0.05) is 54.6 Å². The molecule has 3 aromatic rings. The van der Waals surface area contributed by atoms with Crippen LogP contribution in [-0.4, -0.2) is 99.1 Å². The first-order valence-corrected chi connectivity index (χ1v) is 24.6. The van der Waals surface area contributed by atoms with Crippen LogP contribution in [0.2, 0.25) is 0 Å². The van der Waals surface area contributed by atoms with E-state index in [0.717, 1.165) is 0 Å². The normalized spacial score (nSPS) is 14.1. The molecule has 0 fully saturated rings. The maximum atomic E-state index is 14.2. The molecule has 0 aliphatic carbocycles. The number of aromatic hydroxyl groups is 3. The van der Waals surface area contributed by atoms with Crippen molar-refractivity contribution in [1.82, 2.24) is 20.9 Å². The number of benzene rings is 3. The van der Waals surface area contributed by atoms with Crippen LogP contribution in [-0.2, 0) is 40.8 Å². The van der Waals surface area contributed by atoms with Gasteiger partial charge in [0.15, 0.2) is 0 Å². The van der Waals surface area contributed by atoms with Gasteiger partial charge in [0.25, 0.3) is 0 Å². The molecule has 0 bridgehead atoms. The van der Waals surface area contributed by atoms with E-state index in [1.165, 1.54) is 18.2 Å². The van der Waals surface area contributed by atoms with Gasteiger partial charge in [-0.05, 0) is 59.7 Å². The van der Waals surface area contributed by atoms with Gasteiger partial charge in [-0.2, -0.15) is 0 Å². The molecular formula is C39H63N4O12P3. The van der Waals surface area contributed by atoms with E-state index in [2.05, 4.69) is 16.0 Å². The lowest BCUT2D eigenvalue weighted by Crippen LogP contribution is -2.42. The number of rotatable bonds is 30. The lowest BCUT2D eigenvalue weighted by molar-refractivity contribution is 0.201. The summed E-state index contributed by atoms with van der Waals surface area (Å²) in [6.07, 6.45) is 0. The smallest absolute Gasteiger partial charge is 0.352 e. The molecule has 3 aromatic carbocycles. The molecule has 0 amide bonds. The summed E-state index contributed by atoms with van der Waals surface area (Å²) in [6.45, 7) is 12.7. The zero-order chi connectivity index (χ0) is 42.6. The van der Waals surface area contributed by atoms with E-state index < -0.39 is 40.1 Å². The fraction of sp³-hybridized carbons (Fsp3) is 0.538. The fourth-order valence-electron chi connectivity index (χ4n) is 6.38. The van der Waals surface area contributed by atoms with Crippen LogP contribution in [0, 0.1) is 0 Å². The molecule has 326 valence electrons. The molecule has 0 spiro atoms. The highest BCUT2D eigenvalue weighted by Gasteiger charge is 2.40. The van der Waals surface area contributed by atoms with Gasteiger partial charge in [-0.3, -0.25) is 34.5 Å². The molecule has 16 nitrogen and oxygen atoms in total. The zero-order valence-electron chi connectivity index (χ0n) is 34.5. The van der Waals surface area contributed by atoms with E-state index >= 15 is 0 Å². The van der Waals surface area contributed by atoms with Crippen molar-refractivity contribution in [3.05, 3.63) is 89.5 Å². The molecule has 0 radical (unpaired) electrons. The van der Waals surface area contributed by atoms with Crippen molar-refractivity contribution in [3.63, 3.8) is 0 Å². The maximum absolute atomic E-state index is 14.2. The third-order valence-electron chi connectivity index (χ3n) is 8.79. The van der Waals surface area contributed by atoms with Crippen LogP contribution >= 0.6 is 22.8 Å². The minimum absolute atomic E-state index is 0.0728. The van der Waals surface area contributed by atoms with Crippen molar-refractivity contribution in [2.75, 3.05) is 78.9 Å². The summed E-state index contributed by atoms with van der Waals surface area (Å²) in [4.78, 5) is 2.05. The van der Waals surface area contributed by atoms with E-state index in [9.17, 15) is 29.0 Å². The Balaban J connectivity index is 1.95. The average Bonchev–Trinajstić information content (AvgIpc) is 3.18. The summed E-state index contributed by atoms with van der Waals surface area (Å²) < 4.78 is 76.8. The van der Waals surface area contributed by atoms with Crippen molar-refractivity contribution in [3.8, 4) is 17.2 Å². The molecule has 58 heavy (non-hydrogen) atoms. The summed E-state index contributed by atoms with van der Waals surface area (Å²) in [5.74, 6) is -3.23. The highest BCUT2D eigenvalue weighted by molar-refractivity contribution is 7.54. The Morgan fingerprint density at radius 2 is 0.672 bits per heavy atom. The predicted octanol–water partition coefficient (Wildman–Crippen LogP) is 8.07. The predicted molar refractivity (Wildman–Crippen MR) is 226 cm³/mol. The second-order valence-electron chi connectivity index (χ2n) is 12.7. The van der Waals surface area contributed by atoms with Crippen molar-refractivity contribution in [2.45, 2.75) is 58.9 Å². The molecule has 0 aromatic heterocycles. The fourth-order valence-corrected chi connectivity index (χ4v) is 12.4. The van der Waals surface area contributed by atoms with E-state index in [-0.39, 0.29) is 76.5 Å². The van der Waals surface area contributed by atoms with Gasteiger partial charge < -0.3 is 42.5 Å². The van der Waals surface area contributed by atoms with Gasteiger partial charge in [0.1, 0.15) is 34.6 Å². The highest BCUT2D eigenvalue weighted by atomic mass is 31.2. The summed E-state index contributed by atoms with van der Waals surface area (Å²) >= 11 is 0. The average molecular weight is 873 g/mol. The molecule has 0 saturated carbocycles. The first-order chi connectivity index (χ1) is 27.9. The van der Waals surface area contributed by atoms with Gasteiger partial charge in [0.05, 0.1) is 39.6 Å². The van der Waals surface area contributed by atoms with Crippen LogP contribution in [0.5, 0.6) is 17.2 Å². The highest BCUT2D eigenvalue weighted by Crippen LogP contribution is 2.62. The second kappa shape index (κ2) is 25.2.